The predicted molar refractivity (Wildman–Crippen MR) is 205 cm³/mol. The smallest absolute Gasteiger partial charge is 0.159 e. The summed E-state index contributed by atoms with van der Waals surface area (Å²) >= 11 is 0. The van der Waals surface area contributed by atoms with Crippen LogP contribution in [0.15, 0.2) is 184 Å². The van der Waals surface area contributed by atoms with Crippen LogP contribution >= 0.6 is 0 Å². The Kier molecular flexibility index (Phi) is 6.49. The molecule has 0 bridgehead atoms. The monoisotopic (exact) mass is 642 g/mol. The van der Waals surface area contributed by atoms with Crippen LogP contribution in [0, 0.1) is 0 Å². The zero-order valence-electron chi connectivity index (χ0n) is 27.0. The zero-order chi connectivity index (χ0) is 33.0. The number of amidine groups is 2. The summed E-state index contributed by atoms with van der Waals surface area (Å²) in [5, 5.41) is 8.26. The van der Waals surface area contributed by atoms with Crippen LogP contribution in [0.3, 0.4) is 0 Å². The second-order valence-corrected chi connectivity index (χ2v) is 12.7. The molecule has 1 N–H and O–H groups in total. The number of hydrogen-bond donors (Lipinski definition) is 1. The minimum atomic E-state index is -0.350. The summed E-state index contributed by atoms with van der Waals surface area (Å²) in [6, 6.07) is 59.2. The summed E-state index contributed by atoms with van der Waals surface area (Å²) in [4.78, 5) is 10.1. The van der Waals surface area contributed by atoms with Gasteiger partial charge in [0.15, 0.2) is 5.84 Å². The second kappa shape index (κ2) is 11.5. The van der Waals surface area contributed by atoms with Gasteiger partial charge in [-0.2, -0.15) is 0 Å². The van der Waals surface area contributed by atoms with Gasteiger partial charge in [0.25, 0.3) is 0 Å². The molecule has 10 rings (SSSR count). The summed E-state index contributed by atoms with van der Waals surface area (Å²) in [5.74, 6) is 1.47. The summed E-state index contributed by atoms with van der Waals surface area (Å²) < 4.78 is 8.93. The number of aliphatic imine (C=N–C) groups is 2. The molecule has 50 heavy (non-hydrogen) atoms. The molecule has 0 aliphatic carbocycles. The first kappa shape index (κ1) is 28.3. The molecule has 2 aromatic heterocycles. The topological polar surface area (TPSA) is 54.8 Å². The van der Waals surface area contributed by atoms with E-state index in [1.807, 2.05) is 24.3 Å². The van der Waals surface area contributed by atoms with Crippen LogP contribution in [-0.4, -0.2) is 16.2 Å². The van der Waals surface area contributed by atoms with Crippen LogP contribution in [0.4, 0.5) is 0 Å². The van der Waals surface area contributed by atoms with E-state index in [9.17, 15) is 0 Å². The molecule has 1 atom stereocenters. The minimum absolute atomic E-state index is 0.350. The number of benzene rings is 7. The maximum Gasteiger partial charge on any atom is 0.159 e. The highest BCUT2D eigenvalue weighted by atomic mass is 16.3. The van der Waals surface area contributed by atoms with Crippen molar-refractivity contribution >= 4 is 55.4 Å². The maximum absolute atomic E-state index is 6.61. The van der Waals surface area contributed by atoms with Crippen molar-refractivity contribution < 1.29 is 4.42 Å². The minimum Gasteiger partial charge on any atom is -0.456 e. The van der Waals surface area contributed by atoms with Crippen molar-refractivity contribution in [3.8, 4) is 16.8 Å². The van der Waals surface area contributed by atoms with Gasteiger partial charge in [0.2, 0.25) is 0 Å². The third kappa shape index (κ3) is 4.71. The maximum atomic E-state index is 6.61. The third-order valence-corrected chi connectivity index (χ3v) is 9.67. The first-order valence-electron chi connectivity index (χ1n) is 16.9. The van der Waals surface area contributed by atoms with E-state index in [2.05, 4.69) is 155 Å². The number of furan rings is 1. The van der Waals surface area contributed by atoms with Crippen molar-refractivity contribution in [1.82, 2.24) is 9.88 Å². The van der Waals surface area contributed by atoms with Gasteiger partial charge in [0, 0.05) is 50.0 Å². The van der Waals surface area contributed by atoms with Crippen LogP contribution in [0.5, 0.6) is 0 Å². The van der Waals surface area contributed by atoms with Crippen molar-refractivity contribution in [2.75, 3.05) is 0 Å². The molecule has 1 aliphatic heterocycles. The van der Waals surface area contributed by atoms with Gasteiger partial charge in [-0.3, -0.25) is 0 Å². The molecule has 236 valence electrons. The van der Waals surface area contributed by atoms with Gasteiger partial charge in [0.05, 0.1) is 11.0 Å². The van der Waals surface area contributed by atoms with Crippen LogP contribution < -0.4 is 5.32 Å². The number of aromatic nitrogens is 1. The number of nitrogens with zero attached hydrogens (tertiary/aromatic N) is 3. The van der Waals surface area contributed by atoms with E-state index >= 15 is 0 Å². The first-order chi connectivity index (χ1) is 24.8. The summed E-state index contributed by atoms with van der Waals surface area (Å²) in [6.07, 6.45) is -0.350. The van der Waals surface area contributed by atoms with Gasteiger partial charge in [0.1, 0.15) is 23.2 Å². The Morgan fingerprint density at radius 2 is 1.04 bits per heavy atom. The molecule has 0 saturated heterocycles. The van der Waals surface area contributed by atoms with E-state index in [0.29, 0.717) is 5.84 Å². The average Bonchev–Trinajstić information content (AvgIpc) is 3.73. The zero-order valence-corrected chi connectivity index (χ0v) is 27.0. The highest BCUT2D eigenvalue weighted by Gasteiger charge is 2.22. The van der Waals surface area contributed by atoms with E-state index in [1.54, 1.807) is 0 Å². The molecular formula is C45H30N4O. The summed E-state index contributed by atoms with van der Waals surface area (Å²) in [6.45, 7) is 0. The van der Waals surface area contributed by atoms with Crippen molar-refractivity contribution in [2.24, 2.45) is 9.98 Å². The van der Waals surface area contributed by atoms with Crippen LogP contribution in [0.25, 0.3) is 60.6 Å². The van der Waals surface area contributed by atoms with Crippen LogP contribution in [0.1, 0.15) is 22.9 Å². The highest BCUT2D eigenvalue weighted by Crippen LogP contribution is 2.36. The molecule has 1 aliphatic rings. The molecule has 5 nitrogen and oxygen atoms in total. The van der Waals surface area contributed by atoms with E-state index < -0.39 is 0 Å². The van der Waals surface area contributed by atoms with Crippen molar-refractivity contribution in [2.45, 2.75) is 6.17 Å². The number of para-hydroxylation sites is 2. The number of fused-ring (bicyclic) bond motifs is 6. The molecule has 7 aromatic carbocycles. The van der Waals surface area contributed by atoms with E-state index in [1.165, 1.54) is 27.4 Å². The SMILES string of the molecule is c1ccc(C2=NC(c3ccc4c(c3)oc3cc(-n5c6ccccc6c6ccccc65)ccc34)NC(c3ccc(-c4ccccc4)cc3)=N2)cc1. The van der Waals surface area contributed by atoms with E-state index in [-0.39, 0.29) is 6.17 Å². The summed E-state index contributed by atoms with van der Waals surface area (Å²) in [7, 11) is 0. The molecule has 5 heteroatoms. The Morgan fingerprint density at radius 1 is 0.480 bits per heavy atom. The van der Waals surface area contributed by atoms with Gasteiger partial charge in [-0.05, 0) is 41.5 Å². The van der Waals surface area contributed by atoms with Crippen LogP contribution in [-0.2, 0) is 0 Å². The standard InChI is InChI=1S/C45H30N4O/c1-3-11-29(12-4-1)30-19-21-32(22-20-30)44-46-43(31-13-5-2-6-14-31)47-45(48-44)33-23-25-37-38-26-24-34(28-42(38)50-41(37)27-33)49-39-17-9-7-15-35(39)36-16-8-10-18-40(36)49/h1-28,45H,(H,46,47,48). The van der Waals surface area contributed by atoms with E-state index in [0.717, 1.165) is 55.7 Å². The Hall–Kier alpha value is -6.72. The lowest BCUT2D eigenvalue weighted by atomic mass is 10.0. The second-order valence-electron chi connectivity index (χ2n) is 12.7. The lowest BCUT2D eigenvalue weighted by molar-refractivity contribution is 0.655. The lowest BCUT2D eigenvalue weighted by Crippen LogP contribution is -2.33. The molecule has 0 saturated carbocycles. The molecule has 9 aromatic rings. The molecule has 0 spiro atoms. The summed E-state index contributed by atoms with van der Waals surface area (Å²) in [5.41, 5.74) is 10.4. The highest BCUT2D eigenvalue weighted by molar-refractivity contribution is 6.13. The molecule has 0 radical (unpaired) electrons. The quantitative estimate of drug-likeness (QED) is 0.203. The van der Waals surface area contributed by atoms with Crippen LogP contribution in [0.2, 0.25) is 0 Å². The average molecular weight is 643 g/mol. The van der Waals surface area contributed by atoms with Gasteiger partial charge >= 0.3 is 0 Å². The van der Waals surface area contributed by atoms with Crippen molar-refractivity contribution in [3.05, 3.63) is 187 Å². The fourth-order valence-electron chi connectivity index (χ4n) is 7.23. The third-order valence-electron chi connectivity index (χ3n) is 9.67. The molecule has 0 amide bonds. The number of nitrogens with one attached hydrogen (secondary N) is 1. The largest absolute Gasteiger partial charge is 0.456 e. The normalized spacial score (nSPS) is 14.6. The Balaban J connectivity index is 1.04. The molecular weight excluding hydrogens is 613 g/mol. The molecule has 0 fully saturated rings. The lowest BCUT2D eigenvalue weighted by Gasteiger charge is -2.23. The fraction of sp³-hybridized carbons (Fsp3) is 0.0222. The van der Waals surface area contributed by atoms with Gasteiger partial charge in [-0.25, -0.2) is 9.98 Å². The molecule has 3 heterocycles. The Labute approximate surface area is 288 Å². The van der Waals surface area contributed by atoms with Crippen molar-refractivity contribution in [3.63, 3.8) is 0 Å². The van der Waals surface area contributed by atoms with Crippen molar-refractivity contribution in [1.29, 1.82) is 0 Å². The van der Waals surface area contributed by atoms with Gasteiger partial charge < -0.3 is 14.3 Å². The Bertz CT molecular complexity index is 2720. The number of rotatable bonds is 5. The van der Waals surface area contributed by atoms with Gasteiger partial charge in [-0.1, -0.05) is 133 Å². The molecule has 1 unspecified atom stereocenters. The Morgan fingerprint density at radius 3 is 1.74 bits per heavy atom. The fourth-order valence-corrected chi connectivity index (χ4v) is 7.23. The van der Waals surface area contributed by atoms with Gasteiger partial charge in [-0.15, -0.1) is 0 Å². The number of hydrogen-bond acceptors (Lipinski definition) is 4. The predicted octanol–water partition coefficient (Wildman–Crippen LogP) is 10.8. The first-order valence-corrected chi connectivity index (χ1v) is 16.9. The van der Waals surface area contributed by atoms with E-state index in [4.69, 9.17) is 14.4 Å².